The summed E-state index contributed by atoms with van der Waals surface area (Å²) in [6.07, 6.45) is 0. The van der Waals surface area contributed by atoms with Crippen LogP contribution >= 0.6 is 34.0 Å². The minimum Gasteiger partial charge on any atom is -0.294 e. The van der Waals surface area contributed by atoms with Crippen molar-refractivity contribution in [2.45, 2.75) is 59.3 Å². The summed E-state index contributed by atoms with van der Waals surface area (Å²) in [6, 6.07) is 6.82. The van der Waals surface area contributed by atoms with Crippen molar-refractivity contribution in [3.63, 3.8) is 0 Å². The van der Waals surface area contributed by atoms with Gasteiger partial charge in [0.25, 0.3) is 0 Å². The maximum Gasteiger partial charge on any atom is 0.169 e. The summed E-state index contributed by atoms with van der Waals surface area (Å²) in [5.74, 6) is 0.157. The van der Waals surface area contributed by atoms with Crippen molar-refractivity contribution in [2.24, 2.45) is 0 Å². The van der Waals surface area contributed by atoms with Crippen molar-refractivity contribution in [2.75, 3.05) is 0 Å². The molecule has 0 unspecified atom stereocenters. The highest BCUT2D eigenvalue weighted by Gasteiger charge is 2.24. The minimum absolute atomic E-state index is 0.131. The molecule has 3 heterocycles. The van der Waals surface area contributed by atoms with E-state index < -0.39 is 0 Å². The van der Waals surface area contributed by atoms with E-state index in [1.54, 1.807) is 18.3 Å². The van der Waals surface area contributed by atoms with E-state index in [0.717, 1.165) is 4.88 Å². The van der Waals surface area contributed by atoms with Crippen molar-refractivity contribution in [3.8, 4) is 0 Å². The van der Waals surface area contributed by atoms with Crippen molar-refractivity contribution >= 4 is 70.1 Å². The second-order valence-corrected chi connectivity index (χ2v) is 12.3. The molecule has 0 atom stereocenters. The summed E-state index contributed by atoms with van der Waals surface area (Å²) in [7, 11) is 0. The number of thiophene rings is 3. The Morgan fingerprint density at radius 1 is 0.692 bits per heavy atom. The van der Waals surface area contributed by atoms with Crippen LogP contribution in [0.1, 0.15) is 67.9 Å². The molecule has 0 amide bonds. The molecule has 0 fully saturated rings. The lowest BCUT2D eigenvalue weighted by Crippen LogP contribution is -2.07. The molecule has 0 saturated carbocycles. The maximum atomic E-state index is 12.0. The minimum atomic E-state index is 0.131. The van der Waals surface area contributed by atoms with Gasteiger partial charge >= 0.3 is 0 Å². The number of Topliss-reactive ketones (excluding diaryl/α,β-unsaturated/α-hetero) is 1. The smallest absolute Gasteiger partial charge is 0.169 e. The maximum absolute atomic E-state index is 12.0. The zero-order chi connectivity index (χ0) is 19.0. The van der Waals surface area contributed by atoms with E-state index in [0.29, 0.717) is 0 Å². The zero-order valence-electron chi connectivity index (χ0n) is 16.4. The van der Waals surface area contributed by atoms with Gasteiger partial charge in [-0.05, 0) is 36.0 Å². The quantitative estimate of drug-likeness (QED) is 0.295. The molecule has 1 nitrogen and oxygen atoms in total. The fourth-order valence-corrected chi connectivity index (χ4v) is 6.96. The molecule has 4 heteroatoms. The van der Waals surface area contributed by atoms with Crippen LogP contribution in [0.15, 0.2) is 18.2 Å². The Bertz CT molecular complexity index is 1080. The highest BCUT2D eigenvalue weighted by atomic mass is 32.1. The summed E-state index contributed by atoms with van der Waals surface area (Å²) in [5, 5.41) is 3.88. The van der Waals surface area contributed by atoms with E-state index in [1.165, 1.54) is 40.0 Å². The summed E-state index contributed by atoms with van der Waals surface area (Å²) in [6.45, 7) is 15.3. The summed E-state index contributed by atoms with van der Waals surface area (Å²) >= 11 is 5.49. The molecule has 0 aliphatic rings. The molecular formula is C22H24OS3. The van der Waals surface area contributed by atoms with Gasteiger partial charge in [0.15, 0.2) is 5.78 Å². The highest BCUT2D eigenvalue weighted by Crippen LogP contribution is 2.49. The molecule has 4 aromatic rings. The van der Waals surface area contributed by atoms with E-state index >= 15 is 0 Å². The third kappa shape index (κ3) is 2.74. The predicted octanol–water partition coefficient (Wildman–Crippen LogP) is 8.13. The van der Waals surface area contributed by atoms with Crippen LogP contribution in [0.2, 0.25) is 0 Å². The van der Waals surface area contributed by atoms with E-state index in [9.17, 15) is 4.79 Å². The number of carbonyl (C=O) groups is 1. The van der Waals surface area contributed by atoms with Crippen LogP contribution in [0, 0.1) is 0 Å². The molecule has 4 rings (SSSR count). The molecule has 136 valence electrons. The number of fused-ring (bicyclic) bond motifs is 6. The Hall–Kier alpha value is -1.23. The van der Waals surface area contributed by atoms with Gasteiger partial charge in [-0.1, -0.05) is 41.5 Å². The van der Waals surface area contributed by atoms with Crippen molar-refractivity contribution in [3.05, 3.63) is 32.8 Å². The molecular weight excluding hydrogens is 376 g/mol. The largest absolute Gasteiger partial charge is 0.294 e. The van der Waals surface area contributed by atoms with E-state index in [4.69, 9.17) is 0 Å². The van der Waals surface area contributed by atoms with Gasteiger partial charge in [-0.15, -0.1) is 34.0 Å². The standard InChI is InChI=1S/C22H24OS3/c1-11(23)15-8-12-13-9-16(21(2,3)4)25-19(13)20-14(18(12)24-15)10-17(26-20)22(5,6)7/h8-10H,1-7H3. The SMILES string of the molecule is CC(=O)c1cc2c3cc(C(C)(C)C)sc3c3sc(C(C)(C)C)cc3c2s1. The van der Waals surface area contributed by atoms with Gasteiger partial charge in [0.2, 0.25) is 0 Å². The van der Waals surface area contributed by atoms with Gasteiger partial charge in [0.1, 0.15) is 0 Å². The van der Waals surface area contributed by atoms with Crippen LogP contribution < -0.4 is 0 Å². The number of hydrogen-bond donors (Lipinski definition) is 0. The lowest BCUT2D eigenvalue weighted by Gasteiger charge is -2.15. The zero-order valence-corrected chi connectivity index (χ0v) is 18.8. The van der Waals surface area contributed by atoms with Crippen LogP contribution in [-0.2, 0) is 10.8 Å². The number of ketones is 1. The second-order valence-electron chi connectivity index (χ2n) is 9.12. The first-order chi connectivity index (χ1) is 12.0. The number of hydrogen-bond acceptors (Lipinski definition) is 4. The Kier molecular flexibility index (Phi) is 3.93. The molecule has 0 aliphatic carbocycles. The van der Waals surface area contributed by atoms with E-state index in [-0.39, 0.29) is 16.6 Å². The lowest BCUT2D eigenvalue weighted by molar-refractivity contribution is 0.102. The topological polar surface area (TPSA) is 17.1 Å². The van der Waals surface area contributed by atoms with Gasteiger partial charge in [0.05, 0.1) is 14.3 Å². The van der Waals surface area contributed by atoms with Crippen LogP contribution in [-0.4, -0.2) is 5.78 Å². The van der Waals surface area contributed by atoms with Gasteiger partial charge < -0.3 is 0 Å². The molecule has 0 bridgehead atoms. The van der Waals surface area contributed by atoms with Gasteiger partial charge in [-0.25, -0.2) is 0 Å². The van der Waals surface area contributed by atoms with E-state index in [2.05, 4.69) is 59.7 Å². The Labute approximate surface area is 166 Å². The fraction of sp³-hybridized carbons (Fsp3) is 0.409. The van der Waals surface area contributed by atoms with Gasteiger partial charge in [-0.2, -0.15) is 0 Å². The predicted molar refractivity (Wildman–Crippen MR) is 120 cm³/mol. The first-order valence-electron chi connectivity index (χ1n) is 8.91. The van der Waals surface area contributed by atoms with Crippen LogP contribution in [0.4, 0.5) is 0 Å². The van der Waals surface area contributed by atoms with Crippen molar-refractivity contribution in [1.82, 2.24) is 0 Å². The molecule has 0 radical (unpaired) electrons. The van der Waals surface area contributed by atoms with E-state index in [1.807, 2.05) is 22.7 Å². The van der Waals surface area contributed by atoms with Crippen molar-refractivity contribution < 1.29 is 4.79 Å². The Morgan fingerprint density at radius 2 is 1.15 bits per heavy atom. The summed E-state index contributed by atoms with van der Waals surface area (Å²) in [5.41, 5.74) is 0.263. The van der Waals surface area contributed by atoms with Crippen LogP contribution in [0.5, 0.6) is 0 Å². The van der Waals surface area contributed by atoms with Crippen LogP contribution in [0.25, 0.3) is 30.3 Å². The summed E-state index contributed by atoms with van der Waals surface area (Å²) in [4.78, 5) is 15.7. The molecule has 1 aromatic carbocycles. The Balaban J connectivity index is 2.21. The van der Waals surface area contributed by atoms with Crippen molar-refractivity contribution in [1.29, 1.82) is 0 Å². The third-order valence-corrected chi connectivity index (χ3v) is 9.32. The highest BCUT2D eigenvalue weighted by molar-refractivity contribution is 7.29. The number of carbonyl (C=O) groups excluding carboxylic acids is 1. The second kappa shape index (κ2) is 5.63. The molecule has 26 heavy (non-hydrogen) atoms. The monoisotopic (exact) mass is 400 g/mol. The molecule has 0 N–H and O–H groups in total. The number of rotatable bonds is 1. The average Bonchev–Trinajstić information content (AvgIpc) is 3.20. The molecule has 0 aliphatic heterocycles. The first kappa shape index (κ1) is 18.1. The van der Waals surface area contributed by atoms with Gasteiger partial charge in [0, 0.05) is 30.6 Å². The number of benzene rings is 1. The average molecular weight is 401 g/mol. The van der Waals surface area contributed by atoms with Crippen LogP contribution in [0.3, 0.4) is 0 Å². The Morgan fingerprint density at radius 3 is 1.65 bits per heavy atom. The first-order valence-corrected chi connectivity index (χ1v) is 11.4. The summed E-state index contributed by atoms with van der Waals surface area (Å²) < 4.78 is 4.03. The lowest BCUT2D eigenvalue weighted by atomic mass is 9.93. The normalized spacial score (nSPS) is 13.3. The third-order valence-electron chi connectivity index (χ3n) is 4.76. The fourth-order valence-electron chi connectivity index (χ4n) is 3.19. The molecule has 0 saturated heterocycles. The molecule has 3 aromatic heterocycles. The molecule has 0 spiro atoms. The van der Waals surface area contributed by atoms with Gasteiger partial charge in [-0.3, -0.25) is 4.79 Å².